The van der Waals surface area contributed by atoms with E-state index in [1.165, 1.54) is 5.56 Å². The van der Waals surface area contributed by atoms with E-state index in [0.717, 1.165) is 35.5 Å². The number of hydrogen-bond donors (Lipinski definition) is 1. The number of anilines is 4. The fourth-order valence-corrected chi connectivity index (χ4v) is 3.60. The van der Waals surface area contributed by atoms with E-state index >= 15 is 0 Å². The molecular formula is C22H20N4O2. The first-order chi connectivity index (χ1) is 13.5. The second-order valence-electron chi connectivity index (χ2n) is 7.48. The summed E-state index contributed by atoms with van der Waals surface area (Å²) in [4.78, 5) is 15.3. The summed E-state index contributed by atoms with van der Waals surface area (Å²) in [6.07, 6.45) is 5.67. The van der Waals surface area contributed by atoms with Crippen LogP contribution >= 0.6 is 0 Å². The number of para-hydroxylation sites is 1. The van der Waals surface area contributed by atoms with Crippen LogP contribution in [0.25, 0.3) is 0 Å². The quantitative estimate of drug-likeness (QED) is 0.687. The van der Waals surface area contributed by atoms with Crippen molar-refractivity contribution < 1.29 is 9.21 Å². The summed E-state index contributed by atoms with van der Waals surface area (Å²) >= 11 is 0. The van der Waals surface area contributed by atoms with Crippen LogP contribution < -0.4 is 10.2 Å². The molecule has 2 aliphatic rings. The van der Waals surface area contributed by atoms with Crippen molar-refractivity contribution in [3.63, 3.8) is 0 Å². The van der Waals surface area contributed by atoms with E-state index in [0.29, 0.717) is 11.9 Å². The molecule has 3 aromatic rings. The Labute approximate surface area is 162 Å². The Hall–Kier alpha value is -3.41. The van der Waals surface area contributed by atoms with Gasteiger partial charge >= 0.3 is 6.01 Å². The highest BCUT2D eigenvalue weighted by atomic mass is 16.4. The van der Waals surface area contributed by atoms with Crippen LogP contribution in [0.5, 0.6) is 0 Å². The van der Waals surface area contributed by atoms with Gasteiger partial charge in [0.05, 0.1) is 16.8 Å². The molecule has 1 aliphatic carbocycles. The monoisotopic (exact) mass is 372 g/mol. The first kappa shape index (κ1) is 16.7. The van der Waals surface area contributed by atoms with Gasteiger partial charge in [-0.05, 0) is 49.1 Å². The fraction of sp³-hybridized carbons (Fsp3) is 0.227. The fourth-order valence-electron chi connectivity index (χ4n) is 3.60. The zero-order chi connectivity index (χ0) is 19.3. The summed E-state index contributed by atoms with van der Waals surface area (Å²) in [5.41, 5.74) is 4.45. The van der Waals surface area contributed by atoms with Gasteiger partial charge in [0.2, 0.25) is 11.8 Å². The van der Waals surface area contributed by atoms with Crippen molar-refractivity contribution >= 4 is 29.0 Å². The first-order valence-corrected chi connectivity index (χ1v) is 9.36. The number of nitrogens with one attached hydrogen (secondary N) is 1. The molecule has 1 aromatic heterocycles. The SMILES string of the molecule is Cc1nnc(Nc2ccc3c(c2)N(C(=O)C2(C)C=C2)c2ccccc2CC3)o1. The lowest BCUT2D eigenvalue weighted by Crippen LogP contribution is -2.33. The number of carbonyl (C=O) groups is 1. The smallest absolute Gasteiger partial charge is 0.320 e. The van der Waals surface area contributed by atoms with Crippen LogP contribution in [0.3, 0.4) is 0 Å². The molecule has 0 radical (unpaired) electrons. The second-order valence-corrected chi connectivity index (χ2v) is 7.48. The number of amides is 1. The van der Waals surface area contributed by atoms with Crippen LogP contribution in [-0.2, 0) is 17.6 Å². The number of aryl methyl sites for hydroxylation is 3. The molecule has 0 unspecified atom stereocenters. The minimum atomic E-state index is -0.512. The van der Waals surface area contributed by atoms with Crippen LogP contribution in [0.1, 0.15) is 23.9 Å². The van der Waals surface area contributed by atoms with Gasteiger partial charge in [-0.25, -0.2) is 0 Å². The number of aromatic nitrogens is 2. The van der Waals surface area contributed by atoms with Crippen molar-refractivity contribution in [3.05, 3.63) is 71.6 Å². The molecule has 0 saturated carbocycles. The molecule has 0 fully saturated rings. The minimum absolute atomic E-state index is 0.0638. The Balaban J connectivity index is 1.61. The van der Waals surface area contributed by atoms with E-state index in [2.05, 4.69) is 27.6 Å². The van der Waals surface area contributed by atoms with Crippen LogP contribution in [0, 0.1) is 12.3 Å². The van der Waals surface area contributed by atoms with Gasteiger partial charge in [-0.15, -0.1) is 5.10 Å². The van der Waals surface area contributed by atoms with Gasteiger partial charge in [0.1, 0.15) is 0 Å². The summed E-state index contributed by atoms with van der Waals surface area (Å²) in [5.74, 6) is 0.560. The van der Waals surface area contributed by atoms with Crippen LogP contribution in [0.4, 0.5) is 23.1 Å². The molecule has 0 saturated heterocycles. The van der Waals surface area contributed by atoms with E-state index in [4.69, 9.17) is 4.42 Å². The van der Waals surface area contributed by atoms with Crippen molar-refractivity contribution in [1.82, 2.24) is 10.2 Å². The Morgan fingerprint density at radius 1 is 1.07 bits per heavy atom. The van der Waals surface area contributed by atoms with Gasteiger partial charge in [-0.1, -0.05) is 41.5 Å². The first-order valence-electron chi connectivity index (χ1n) is 9.36. The van der Waals surface area contributed by atoms with Crippen molar-refractivity contribution in [1.29, 1.82) is 0 Å². The summed E-state index contributed by atoms with van der Waals surface area (Å²) in [7, 11) is 0. The molecule has 2 heterocycles. The van der Waals surface area contributed by atoms with Gasteiger partial charge < -0.3 is 9.73 Å². The van der Waals surface area contributed by atoms with E-state index < -0.39 is 5.41 Å². The third-order valence-electron chi connectivity index (χ3n) is 5.33. The van der Waals surface area contributed by atoms with E-state index in [9.17, 15) is 4.79 Å². The maximum absolute atomic E-state index is 13.4. The summed E-state index contributed by atoms with van der Waals surface area (Å²) in [5, 5.41) is 11.0. The molecule has 2 aromatic carbocycles. The predicted octanol–water partition coefficient (Wildman–Crippen LogP) is 4.46. The van der Waals surface area contributed by atoms with Gasteiger partial charge in [0.15, 0.2) is 0 Å². The van der Waals surface area contributed by atoms with Crippen molar-refractivity contribution in [2.24, 2.45) is 5.41 Å². The molecular weight excluding hydrogens is 352 g/mol. The summed E-state index contributed by atoms with van der Waals surface area (Å²) in [6.45, 7) is 3.70. The molecule has 140 valence electrons. The zero-order valence-electron chi connectivity index (χ0n) is 15.8. The van der Waals surface area contributed by atoms with E-state index in [1.807, 2.05) is 54.3 Å². The van der Waals surface area contributed by atoms with Crippen LogP contribution in [0.2, 0.25) is 0 Å². The number of carbonyl (C=O) groups excluding carboxylic acids is 1. The van der Waals surface area contributed by atoms with Gasteiger partial charge in [0, 0.05) is 12.6 Å². The van der Waals surface area contributed by atoms with Crippen molar-refractivity contribution in [2.45, 2.75) is 26.7 Å². The number of benzene rings is 2. The highest BCUT2D eigenvalue weighted by molar-refractivity contribution is 6.09. The molecule has 5 rings (SSSR count). The molecule has 0 spiro atoms. The molecule has 28 heavy (non-hydrogen) atoms. The Morgan fingerprint density at radius 3 is 2.54 bits per heavy atom. The number of nitrogens with zero attached hydrogens (tertiary/aromatic N) is 3. The van der Waals surface area contributed by atoms with Crippen LogP contribution in [0.15, 0.2) is 59.0 Å². The van der Waals surface area contributed by atoms with E-state index in [-0.39, 0.29) is 5.91 Å². The standard InChI is InChI=1S/C22H20N4O2/c1-14-24-25-21(28-14)23-17-10-9-16-8-7-15-5-3-4-6-18(15)26(19(16)13-17)20(27)22(2)11-12-22/h3-6,9-13H,7-8H2,1-2H3,(H,23,25). The third-order valence-corrected chi connectivity index (χ3v) is 5.33. The van der Waals surface area contributed by atoms with E-state index in [1.54, 1.807) is 6.92 Å². The lowest BCUT2D eigenvalue weighted by molar-refractivity contribution is -0.121. The second kappa shape index (κ2) is 6.05. The largest absolute Gasteiger partial charge is 0.408 e. The molecule has 6 heteroatoms. The number of rotatable bonds is 3. The Morgan fingerprint density at radius 2 is 1.82 bits per heavy atom. The Kier molecular flexibility index (Phi) is 3.62. The maximum Gasteiger partial charge on any atom is 0.320 e. The predicted molar refractivity (Wildman–Crippen MR) is 107 cm³/mol. The zero-order valence-corrected chi connectivity index (χ0v) is 15.8. The molecule has 1 aliphatic heterocycles. The molecule has 1 N–H and O–H groups in total. The highest BCUT2D eigenvalue weighted by Gasteiger charge is 2.42. The number of hydrogen-bond acceptors (Lipinski definition) is 5. The van der Waals surface area contributed by atoms with Crippen molar-refractivity contribution in [3.8, 4) is 0 Å². The highest BCUT2D eigenvalue weighted by Crippen LogP contribution is 2.44. The molecule has 0 bridgehead atoms. The lowest BCUT2D eigenvalue weighted by Gasteiger charge is -2.28. The molecule has 1 amide bonds. The molecule has 6 nitrogen and oxygen atoms in total. The van der Waals surface area contributed by atoms with Crippen molar-refractivity contribution in [2.75, 3.05) is 10.2 Å². The summed E-state index contributed by atoms with van der Waals surface area (Å²) < 4.78 is 5.43. The summed E-state index contributed by atoms with van der Waals surface area (Å²) in [6, 6.07) is 14.5. The Bertz CT molecular complexity index is 1110. The minimum Gasteiger partial charge on any atom is -0.408 e. The topological polar surface area (TPSA) is 71.3 Å². The third kappa shape index (κ3) is 2.78. The maximum atomic E-state index is 13.4. The van der Waals surface area contributed by atoms with Gasteiger partial charge in [-0.3, -0.25) is 9.69 Å². The average molecular weight is 372 g/mol. The number of fused-ring (bicyclic) bond motifs is 2. The van der Waals surface area contributed by atoms with Gasteiger partial charge in [-0.2, -0.15) is 0 Å². The normalized spacial score (nSPS) is 16.1. The molecule has 0 atom stereocenters. The average Bonchev–Trinajstić information content (AvgIpc) is 3.36. The lowest BCUT2D eigenvalue weighted by atomic mass is 10.0. The van der Waals surface area contributed by atoms with Gasteiger partial charge in [0.25, 0.3) is 0 Å². The van der Waals surface area contributed by atoms with Crippen LogP contribution in [-0.4, -0.2) is 16.1 Å².